The summed E-state index contributed by atoms with van der Waals surface area (Å²) in [7, 11) is -3.75. The molecule has 1 aromatic carbocycles. The molecule has 2 aromatic rings. The van der Waals surface area contributed by atoms with Crippen molar-refractivity contribution >= 4 is 44.0 Å². The van der Waals surface area contributed by atoms with E-state index in [-0.39, 0.29) is 21.9 Å². The molecule has 2 fully saturated rings. The minimum absolute atomic E-state index is 0.0113. The van der Waals surface area contributed by atoms with Gasteiger partial charge in [-0.3, -0.25) is 4.79 Å². The van der Waals surface area contributed by atoms with Crippen molar-refractivity contribution < 1.29 is 13.2 Å². The van der Waals surface area contributed by atoms with Crippen LogP contribution in [-0.4, -0.2) is 38.4 Å². The molecule has 0 unspecified atom stereocenters. The third kappa shape index (κ3) is 5.69. The molecule has 1 aromatic heterocycles. The Bertz CT molecular complexity index is 1070. The number of amides is 1. The molecule has 2 aliphatic rings. The zero-order chi connectivity index (χ0) is 22.7. The Morgan fingerprint density at radius 2 is 1.94 bits per heavy atom. The number of thiazole rings is 1. The molecule has 0 radical (unpaired) electrons. The summed E-state index contributed by atoms with van der Waals surface area (Å²) in [6.07, 6.45) is 6.65. The van der Waals surface area contributed by atoms with Gasteiger partial charge in [0.2, 0.25) is 15.9 Å². The van der Waals surface area contributed by atoms with Gasteiger partial charge < -0.3 is 10.6 Å². The summed E-state index contributed by atoms with van der Waals surface area (Å²) in [5, 5.41) is 6.86. The van der Waals surface area contributed by atoms with Crippen molar-refractivity contribution in [3.8, 4) is 10.4 Å². The van der Waals surface area contributed by atoms with Crippen molar-refractivity contribution in [3.05, 3.63) is 28.9 Å². The van der Waals surface area contributed by atoms with Gasteiger partial charge in [-0.1, -0.05) is 41.8 Å². The summed E-state index contributed by atoms with van der Waals surface area (Å²) < 4.78 is 28.8. The van der Waals surface area contributed by atoms with E-state index in [2.05, 4.69) is 20.3 Å². The van der Waals surface area contributed by atoms with E-state index < -0.39 is 10.0 Å². The van der Waals surface area contributed by atoms with E-state index in [1.54, 1.807) is 18.2 Å². The fourth-order valence-electron chi connectivity index (χ4n) is 4.44. The Balaban J connectivity index is 1.52. The fourth-order valence-corrected chi connectivity index (χ4v) is 7.25. The van der Waals surface area contributed by atoms with Crippen molar-refractivity contribution in [2.75, 3.05) is 18.4 Å². The monoisotopic (exact) mass is 496 g/mol. The number of sulfonamides is 1. The lowest BCUT2D eigenvalue weighted by atomic mass is 10.0. The van der Waals surface area contributed by atoms with Crippen LogP contribution in [0, 0.1) is 12.8 Å². The van der Waals surface area contributed by atoms with Crippen LogP contribution in [0.4, 0.5) is 5.13 Å². The first-order valence-electron chi connectivity index (χ1n) is 11.1. The fraction of sp³-hybridized carbons (Fsp3) is 0.545. The van der Waals surface area contributed by atoms with E-state index in [9.17, 15) is 13.2 Å². The number of aryl methyl sites for hydroxylation is 1. The van der Waals surface area contributed by atoms with Crippen LogP contribution in [0.15, 0.2) is 23.1 Å². The molecule has 2 heterocycles. The maximum atomic E-state index is 13.0. The number of carbonyl (C=O) groups excluding carboxylic acids is 1. The number of hydrogen-bond acceptors (Lipinski definition) is 6. The highest BCUT2D eigenvalue weighted by molar-refractivity contribution is 7.89. The highest BCUT2D eigenvalue weighted by Gasteiger charge is 2.25. The second-order valence-electron chi connectivity index (χ2n) is 8.63. The first-order chi connectivity index (χ1) is 15.3. The zero-order valence-electron chi connectivity index (χ0n) is 18.1. The molecule has 7 nitrogen and oxygen atoms in total. The lowest BCUT2D eigenvalue weighted by molar-refractivity contribution is -0.117. The first kappa shape index (κ1) is 23.6. The zero-order valence-corrected chi connectivity index (χ0v) is 20.5. The normalized spacial score (nSPS) is 18.2. The van der Waals surface area contributed by atoms with Crippen LogP contribution in [0.5, 0.6) is 0 Å². The molecular weight excluding hydrogens is 468 g/mol. The van der Waals surface area contributed by atoms with E-state index >= 15 is 0 Å². The number of hydrogen-bond donors (Lipinski definition) is 3. The molecule has 0 bridgehead atoms. The highest BCUT2D eigenvalue weighted by atomic mass is 35.5. The molecule has 1 amide bonds. The Morgan fingerprint density at radius 1 is 1.22 bits per heavy atom. The molecule has 1 saturated carbocycles. The minimum atomic E-state index is -3.75. The first-order valence-corrected chi connectivity index (χ1v) is 13.8. The van der Waals surface area contributed by atoms with Crippen LogP contribution in [0.2, 0.25) is 5.02 Å². The molecule has 32 heavy (non-hydrogen) atoms. The molecule has 10 heteroatoms. The molecular formula is C22H29ClN4O3S2. The molecule has 1 saturated heterocycles. The number of piperidine rings is 1. The molecule has 1 aliphatic heterocycles. The van der Waals surface area contributed by atoms with Gasteiger partial charge in [0.25, 0.3) is 0 Å². The maximum Gasteiger partial charge on any atom is 0.242 e. The van der Waals surface area contributed by atoms with Gasteiger partial charge in [0.1, 0.15) is 4.90 Å². The lowest BCUT2D eigenvalue weighted by Crippen LogP contribution is -2.42. The maximum absolute atomic E-state index is 13.0. The number of nitrogens with one attached hydrogen (secondary N) is 3. The summed E-state index contributed by atoms with van der Waals surface area (Å²) in [5.74, 6) is 0.453. The lowest BCUT2D eigenvalue weighted by Gasteiger charge is -2.23. The second-order valence-corrected chi connectivity index (χ2v) is 11.7. The van der Waals surface area contributed by atoms with Crippen LogP contribution in [0.1, 0.15) is 50.6 Å². The van der Waals surface area contributed by atoms with Gasteiger partial charge in [0.15, 0.2) is 5.13 Å². The molecule has 174 valence electrons. The summed E-state index contributed by atoms with van der Waals surface area (Å²) in [6, 6.07) is 4.88. The number of benzene rings is 1. The van der Waals surface area contributed by atoms with Gasteiger partial charge in [-0.05, 0) is 69.3 Å². The minimum Gasteiger partial charge on any atom is -0.317 e. The Hall–Kier alpha value is -1.52. The topological polar surface area (TPSA) is 100 Å². The van der Waals surface area contributed by atoms with E-state index in [1.807, 2.05) is 6.92 Å². The van der Waals surface area contributed by atoms with Crippen LogP contribution < -0.4 is 15.4 Å². The van der Waals surface area contributed by atoms with Crippen molar-refractivity contribution in [1.82, 2.24) is 15.0 Å². The van der Waals surface area contributed by atoms with E-state index in [4.69, 9.17) is 11.6 Å². The van der Waals surface area contributed by atoms with Crippen LogP contribution in [0.3, 0.4) is 0 Å². The van der Waals surface area contributed by atoms with Gasteiger partial charge in [0, 0.05) is 12.5 Å². The van der Waals surface area contributed by atoms with Crippen LogP contribution in [0.25, 0.3) is 10.4 Å². The smallest absolute Gasteiger partial charge is 0.242 e. The van der Waals surface area contributed by atoms with Gasteiger partial charge in [0.05, 0.1) is 15.6 Å². The molecule has 4 rings (SSSR count). The third-order valence-electron chi connectivity index (χ3n) is 6.14. The number of carbonyl (C=O) groups is 1. The third-order valence-corrected chi connectivity index (χ3v) is 9.26. The van der Waals surface area contributed by atoms with Crippen LogP contribution >= 0.6 is 22.9 Å². The molecule has 1 aliphatic carbocycles. The number of anilines is 1. The SMILES string of the molecule is Cc1nc(NC(=O)CC2CCCC2)sc1-c1ccc(Cl)c(S(=O)(=O)NC2CCNCC2)c1. The van der Waals surface area contributed by atoms with Crippen molar-refractivity contribution in [2.24, 2.45) is 5.92 Å². The van der Waals surface area contributed by atoms with Gasteiger partial charge in [-0.15, -0.1) is 0 Å². The van der Waals surface area contributed by atoms with E-state index in [0.717, 1.165) is 49.3 Å². The van der Waals surface area contributed by atoms with E-state index in [0.29, 0.717) is 23.0 Å². The predicted octanol–water partition coefficient (Wildman–Crippen LogP) is 4.32. The van der Waals surface area contributed by atoms with Crippen molar-refractivity contribution in [1.29, 1.82) is 0 Å². The summed E-state index contributed by atoms with van der Waals surface area (Å²) in [4.78, 5) is 17.8. The average Bonchev–Trinajstić information content (AvgIpc) is 3.38. The average molecular weight is 497 g/mol. The second kappa shape index (κ2) is 10.2. The number of rotatable bonds is 7. The summed E-state index contributed by atoms with van der Waals surface area (Å²) in [5.41, 5.74) is 1.45. The summed E-state index contributed by atoms with van der Waals surface area (Å²) >= 11 is 7.63. The Labute approximate surface area is 198 Å². The van der Waals surface area contributed by atoms with Gasteiger partial charge in [-0.2, -0.15) is 0 Å². The number of aromatic nitrogens is 1. The van der Waals surface area contributed by atoms with Crippen molar-refractivity contribution in [2.45, 2.75) is 62.8 Å². The predicted molar refractivity (Wildman–Crippen MR) is 129 cm³/mol. The van der Waals surface area contributed by atoms with Crippen molar-refractivity contribution in [3.63, 3.8) is 0 Å². The van der Waals surface area contributed by atoms with Gasteiger partial charge >= 0.3 is 0 Å². The van der Waals surface area contributed by atoms with E-state index in [1.165, 1.54) is 24.2 Å². The standard InChI is InChI=1S/C22H29ClN4O3S2/c1-14-21(31-22(25-14)26-20(28)12-15-4-2-3-5-15)16-6-7-18(23)19(13-16)32(29,30)27-17-8-10-24-11-9-17/h6-7,13,15,17,24,27H,2-5,8-12H2,1H3,(H,25,26,28). The Kier molecular flexibility index (Phi) is 7.51. The Morgan fingerprint density at radius 3 is 2.66 bits per heavy atom. The molecule has 0 spiro atoms. The quantitative estimate of drug-likeness (QED) is 0.530. The van der Waals surface area contributed by atoms with Gasteiger partial charge in [-0.25, -0.2) is 18.1 Å². The molecule has 3 N–H and O–H groups in total. The van der Waals surface area contributed by atoms with Crippen LogP contribution in [-0.2, 0) is 14.8 Å². The number of halogens is 1. The number of nitrogens with zero attached hydrogens (tertiary/aromatic N) is 1. The highest BCUT2D eigenvalue weighted by Crippen LogP contribution is 2.36. The summed E-state index contributed by atoms with van der Waals surface area (Å²) in [6.45, 7) is 3.43. The molecule has 0 atom stereocenters. The largest absolute Gasteiger partial charge is 0.317 e.